The van der Waals surface area contributed by atoms with Crippen LogP contribution in [0.25, 0.3) is 0 Å². The molecule has 2 nitrogen and oxygen atoms in total. The molecule has 0 aliphatic rings. The Kier molecular flexibility index (Phi) is 5.56. The fourth-order valence-corrected chi connectivity index (χ4v) is 3.29. The van der Waals surface area contributed by atoms with Crippen molar-refractivity contribution in [3.05, 3.63) is 51.4 Å². The monoisotopic (exact) mass is 342 g/mol. The number of hydrogen-bond acceptors (Lipinski definition) is 2. The van der Waals surface area contributed by atoms with Crippen LogP contribution < -0.4 is 10.6 Å². The molecule has 1 atom stereocenters. The van der Waals surface area contributed by atoms with Crippen molar-refractivity contribution >= 4 is 46.0 Å². The standard InChI is InChI=1S/C15H16ClFN2S2/c1-9(2)14(13-4-3-7-21-13)19-15(20)18-10-5-6-12(17)11(16)8-10/h3-9,14H,1-2H3,(H2,18,19,20)/t14-/m1/s1. The minimum atomic E-state index is -0.445. The van der Waals surface area contributed by atoms with Crippen molar-refractivity contribution in [3.8, 4) is 0 Å². The van der Waals surface area contributed by atoms with Gasteiger partial charge in [-0.25, -0.2) is 4.39 Å². The SMILES string of the molecule is CC(C)[C@@H](NC(=S)Nc1ccc(F)c(Cl)c1)c1cccs1. The third-order valence-corrected chi connectivity index (χ3v) is 4.45. The molecular weight excluding hydrogens is 327 g/mol. The second-order valence-electron chi connectivity index (χ2n) is 4.96. The molecule has 2 rings (SSSR count). The van der Waals surface area contributed by atoms with Crippen LogP contribution in [-0.4, -0.2) is 5.11 Å². The zero-order valence-electron chi connectivity index (χ0n) is 11.7. The van der Waals surface area contributed by atoms with Gasteiger partial charge in [0, 0.05) is 10.6 Å². The number of benzene rings is 1. The van der Waals surface area contributed by atoms with E-state index in [0.29, 0.717) is 16.7 Å². The summed E-state index contributed by atoms with van der Waals surface area (Å²) in [4.78, 5) is 1.23. The molecule has 2 N–H and O–H groups in total. The maximum absolute atomic E-state index is 13.1. The Balaban J connectivity index is 2.04. The topological polar surface area (TPSA) is 24.1 Å². The summed E-state index contributed by atoms with van der Waals surface area (Å²) in [6, 6.07) is 8.67. The van der Waals surface area contributed by atoms with Crippen LogP contribution in [0.4, 0.5) is 10.1 Å². The van der Waals surface area contributed by atoms with Crippen molar-refractivity contribution in [1.82, 2.24) is 5.32 Å². The maximum atomic E-state index is 13.1. The summed E-state index contributed by atoms with van der Waals surface area (Å²) in [5, 5.41) is 8.93. The Morgan fingerprint density at radius 3 is 2.67 bits per heavy atom. The van der Waals surface area contributed by atoms with Crippen molar-refractivity contribution in [2.24, 2.45) is 5.92 Å². The first kappa shape index (κ1) is 16.2. The van der Waals surface area contributed by atoms with Crippen molar-refractivity contribution in [1.29, 1.82) is 0 Å². The lowest BCUT2D eigenvalue weighted by molar-refractivity contribution is 0.480. The summed E-state index contributed by atoms with van der Waals surface area (Å²) in [7, 11) is 0. The minimum absolute atomic E-state index is 0.0708. The van der Waals surface area contributed by atoms with Crippen LogP contribution >= 0.6 is 35.2 Å². The molecule has 0 aliphatic heterocycles. The van der Waals surface area contributed by atoms with E-state index in [1.54, 1.807) is 17.4 Å². The first-order valence-electron chi connectivity index (χ1n) is 6.53. The van der Waals surface area contributed by atoms with Gasteiger partial charge in [-0.05, 0) is 47.8 Å². The normalized spacial score (nSPS) is 12.2. The number of thiocarbonyl (C=S) groups is 1. The van der Waals surface area contributed by atoms with E-state index >= 15 is 0 Å². The van der Waals surface area contributed by atoms with E-state index < -0.39 is 5.82 Å². The number of halogens is 2. The van der Waals surface area contributed by atoms with Crippen molar-refractivity contribution in [2.45, 2.75) is 19.9 Å². The maximum Gasteiger partial charge on any atom is 0.171 e. The van der Waals surface area contributed by atoms with E-state index in [4.69, 9.17) is 23.8 Å². The lowest BCUT2D eigenvalue weighted by Gasteiger charge is -2.23. The highest BCUT2D eigenvalue weighted by Gasteiger charge is 2.17. The van der Waals surface area contributed by atoms with E-state index in [-0.39, 0.29) is 11.1 Å². The number of anilines is 1. The average molecular weight is 343 g/mol. The highest BCUT2D eigenvalue weighted by Crippen LogP contribution is 2.26. The minimum Gasteiger partial charge on any atom is -0.355 e. The molecule has 0 radical (unpaired) electrons. The second-order valence-corrected chi connectivity index (χ2v) is 6.76. The molecule has 0 saturated carbocycles. The lowest BCUT2D eigenvalue weighted by atomic mass is 10.0. The van der Waals surface area contributed by atoms with E-state index in [2.05, 4.69) is 30.5 Å². The van der Waals surface area contributed by atoms with Crippen molar-refractivity contribution in [3.63, 3.8) is 0 Å². The Hall–Kier alpha value is -1.17. The zero-order valence-corrected chi connectivity index (χ0v) is 14.1. The molecule has 0 bridgehead atoms. The molecule has 0 amide bonds. The Morgan fingerprint density at radius 1 is 1.33 bits per heavy atom. The highest BCUT2D eigenvalue weighted by molar-refractivity contribution is 7.80. The quantitative estimate of drug-likeness (QED) is 0.744. The van der Waals surface area contributed by atoms with Gasteiger partial charge in [0.1, 0.15) is 5.82 Å². The highest BCUT2D eigenvalue weighted by atomic mass is 35.5. The molecule has 0 fully saturated rings. The van der Waals surface area contributed by atoms with Gasteiger partial charge in [-0.2, -0.15) is 0 Å². The van der Waals surface area contributed by atoms with Crippen LogP contribution in [0, 0.1) is 11.7 Å². The largest absolute Gasteiger partial charge is 0.355 e. The summed E-state index contributed by atoms with van der Waals surface area (Å²) in [5.41, 5.74) is 0.660. The molecule has 112 valence electrons. The fraction of sp³-hybridized carbons (Fsp3) is 0.267. The summed E-state index contributed by atoms with van der Waals surface area (Å²) < 4.78 is 13.1. The van der Waals surface area contributed by atoms with Gasteiger partial charge in [-0.3, -0.25) is 0 Å². The van der Waals surface area contributed by atoms with Crippen molar-refractivity contribution in [2.75, 3.05) is 5.32 Å². The fourth-order valence-electron chi connectivity index (χ4n) is 1.92. The summed E-state index contributed by atoms with van der Waals surface area (Å²) in [6.45, 7) is 4.27. The molecular formula is C15H16ClFN2S2. The van der Waals surface area contributed by atoms with Crippen LogP contribution in [-0.2, 0) is 0 Å². The summed E-state index contributed by atoms with van der Waals surface area (Å²) >= 11 is 12.8. The molecule has 0 aliphatic carbocycles. The van der Waals surface area contributed by atoms with Gasteiger partial charge in [-0.15, -0.1) is 11.3 Å². The molecule has 2 aromatic rings. The van der Waals surface area contributed by atoms with Crippen LogP contribution in [0.1, 0.15) is 24.8 Å². The molecule has 0 unspecified atom stereocenters. The predicted octanol–water partition coefficient (Wildman–Crippen LogP) is 5.22. The van der Waals surface area contributed by atoms with Gasteiger partial charge in [0.25, 0.3) is 0 Å². The van der Waals surface area contributed by atoms with Crippen LogP contribution in [0.15, 0.2) is 35.7 Å². The molecule has 0 saturated heterocycles. The van der Waals surface area contributed by atoms with Crippen LogP contribution in [0.3, 0.4) is 0 Å². The number of thiophene rings is 1. The Morgan fingerprint density at radius 2 is 2.10 bits per heavy atom. The van der Waals surface area contributed by atoms with E-state index in [9.17, 15) is 4.39 Å². The molecule has 1 aromatic carbocycles. The van der Waals surface area contributed by atoms with E-state index in [0.717, 1.165) is 0 Å². The van der Waals surface area contributed by atoms with Crippen molar-refractivity contribution < 1.29 is 4.39 Å². The van der Waals surface area contributed by atoms with Gasteiger partial charge in [0.05, 0.1) is 11.1 Å². The van der Waals surface area contributed by atoms with Gasteiger partial charge in [0.15, 0.2) is 5.11 Å². The molecule has 6 heteroatoms. The molecule has 0 spiro atoms. The lowest BCUT2D eigenvalue weighted by Crippen LogP contribution is -2.34. The van der Waals surface area contributed by atoms with Gasteiger partial charge >= 0.3 is 0 Å². The molecule has 1 aromatic heterocycles. The first-order valence-corrected chi connectivity index (χ1v) is 8.20. The molecule has 21 heavy (non-hydrogen) atoms. The summed E-state index contributed by atoms with van der Waals surface area (Å²) in [5.74, 6) is -0.0556. The van der Waals surface area contributed by atoms with Gasteiger partial charge in [-0.1, -0.05) is 31.5 Å². The smallest absolute Gasteiger partial charge is 0.171 e. The predicted molar refractivity (Wildman–Crippen MR) is 92.7 cm³/mol. The number of nitrogens with one attached hydrogen (secondary N) is 2. The third-order valence-electron chi connectivity index (χ3n) is 2.98. The van der Waals surface area contributed by atoms with E-state index in [1.807, 2.05) is 11.4 Å². The van der Waals surface area contributed by atoms with Gasteiger partial charge < -0.3 is 10.6 Å². The summed E-state index contributed by atoms with van der Waals surface area (Å²) in [6.07, 6.45) is 0. The second kappa shape index (κ2) is 7.20. The van der Waals surface area contributed by atoms with E-state index in [1.165, 1.54) is 17.0 Å². The number of rotatable bonds is 4. The zero-order chi connectivity index (χ0) is 15.4. The average Bonchev–Trinajstić information content (AvgIpc) is 2.93. The Bertz CT molecular complexity index is 614. The van der Waals surface area contributed by atoms with Crippen LogP contribution in [0.5, 0.6) is 0 Å². The first-order chi connectivity index (χ1) is 9.97. The van der Waals surface area contributed by atoms with Crippen LogP contribution in [0.2, 0.25) is 5.02 Å². The third kappa shape index (κ3) is 4.40. The Labute approximate surface area is 138 Å². The molecule has 1 heterocycles. The van der Waals surface area contributed by atoms with Gasteiger partial charge in [0.2, 0.25) is 0 Å². The number of hydrogen-bond donors (Lipinski definition) is 2.